The molecule has 7 nitrogen and oxygen atoms in total. The Kier molecular flexibility index (Phi) is 18.9. The van der Waals surface area contributed by atoms with Gasteiger partial charge in [0.15, 0.2) is 5.25 Å². The normalized spacial score (nSPS) is 12.2. The Hall–Kier alpha value is -0.384. The summed E-state index contributed by atoms with van der Waals surface area (Å²) in [5, 5.41) is 6.54. The lowest BCUT2D eigenvalue weighted by atomic mass is 10.1. The van der Waals surface area contributed by atoms with E-state index in [4.69, 9.17) is 14.4 Å². The molecule has 0 heterocycles. The number of carbonyl (C=O) groups excluding carboxylic acids is 1. The van der Waals surface area contributed by atoms with Gasteiger partial charge in [0.2, 0.25) is 0 Å². The number of hydrogen-bond acceptors (Lipinski definition) is 5. The van der Waals surface area contributed by atoms with Gasteiger partial charge in [-0.3, -0.25) is 14.1 Å². The summed E-state index contributed by atoms with van der Waals surface area (Å²) in [4.78, 5) is 22.2. The SMILES string of the molecule is CCCCCCCCCCCCCCOC(=O)C(CC(=O)O)S(=O)(=O)O.[MgH2]. The van der Waals surface area contributed by atoms with Crippen LogP contribution in [0, 0.1) is 0 Å². The summed E-state index contributed by atoms with van der Waals surface area (Å²) >= 11 is 0. The molecule has 27 heavy (non-hydrogen) atoms. The van der Waals surface area contributed by atoms with Crippen molar-refractivity contribution in [1.82, 2.24) is 0 Å². The van der Waals surface area contributed by atoms with Crippen LogP contribution >= 0.6 is 0 Å². The quantitative estimate of drug-likeness (QED) is 0.161. The number of unbranched alkanes of at least 4 members (excludes halogenated alkanes) is 11. The zero-order valence-corrected chi connectivity index (χ0v) is 16.6. The molecule has 0 saturated heterocycles. The van der Waals surface area contributed by atoms with Gasteiger partial charge < -0.3 is 9.84 Å². The maximum absolute atomic E-state index is 11.6. The van der Waals surface area contributed by atoms with E-state index in [9.17, 15) is 18.0 Å². The van der Waals surface area contributed by atoms with E-state index >= 15 is 0 Å². The molecule has 0 rings (SSSR count). The highest BCUT2D eigenvalue weighted by Gasteiger charge is 2.34. The summed E-state index contributed by atoms with van der Waals surface area (Å²) in [6.07, 6.45) is 12.9. The van der Waals surface area contributed by atoms with Crippen molar-refractivity contribution in [2.45, 2.75) is 95.6 Å². The van der Waals surface area contributed by atoms with Crippen LogP contribution < -0.4 is 0 Å². The van der Waals surface area contributed by atoms with Crippen LogP contribution in [0.15, 0.2) is 0 Å². The number of carboxylic acid groups (broad SMARTS) is 1. The van der Waals surface area contributed by atoms with Gasteiger partial charge in [0.25, 0.3) is 10.1 Å². The van der Waals surface area contributed by atoms with Gasteiger partial charge in [0, 0.05) is 0 Å². The maximum atomic E-state index is 11.6. The van der Waals surface area contributed by atoms with Crippen LogP contribution in [0.5, 0.6) is 0 Å². The number of hydrogen-bond donors (Lipinski definition) is 2. The van der Waals surface area contributed by atoms with E-state index in [0.717, 1.165) is 19.3 Å². The minimum atomic E-state index is -4.78. The molecule has 0 aromatic carbocycles. The Labute approximate surface area is 179 Å². The van der Waals surface area contributed by atoms with Crippen LogP contribution in [0.3, 0.4) is 0 Å². The Balaban J connectivity index is 0. The summed E-state index contributed by atoms with van der Waals surface area (Å²) in [6.45, 7) is 2.24. The van der Waals surface area contributed by atoms with Gasteiger partial charge >= 0.3 is 35.0 Å². The van der Waals surface area contributed by atoms with Gasteiger partial charge in [-0.25, -0.2) is 0 Å². The third kappa shape index (κ3) is 17.4. The van der Waals surface area contributed by atoms with Crippen LogP contribution in [-0.4, -0.2) is 64.9 Å². The first-order chi connectivity index (χ1) is 12.3. The fourth-order valence-corrected chi connectivity index (χ4v) is 3.34. The molecule has 0 amide bonds. The van der Waals surface area contributed by atoms with Gasteiger partial charge in [-0.1, -0.05) is 77.6 Å². The Morgan fingerprint density at radius 1 is 0.852 bits per heavy atom. The predicted molar refractivity (Wildman–Crippen MR) is 108 cm³/mol. The lowest BCUT2D eigenvalue weighted by Crippen LogP contribution is -2.34. The average Bonchev–Trinajstić information content (AvgIpc) is 2.55. The molecule has 158 valence electrons. The number of ether oxygens (including phenoxy) is 1. The summed E-state index contributed by atoms with van der Waals surface area (Å²) in [5.74, 6) is -2.70. The van der Waals surface area contributed by atoms with Crippen molar-refractivity contribution in [2.24, 2.45) is 0 Å². The topological polar surface area (TPSA) is 118 Å². The van der Waals surface area contributed by atoms with E-state index in [1.165, 1.54) is 51.4 Å². The zero-order chi connectivity index (χ0) is 19.8. The number of esters is 1. The molecule has 0 aliphatic carbocycles. The van der Waals surface area contributed by atoms with Crippen LogP contribution in [0.1, 0.15) is 90.4 Å². The van der Waals surface area contributed by atoms with Crippen molar-refractivity contribution in [2.75, 3.05) is 6.61 Å². The Bertz CT molecular complexity index is 494. The number of carboxylic acids is 1. The molecule has 0 aromatic heterocycles. The molecule has 0 bridgehead atoms. The van der Waals surface area contributed by atoms with Gasteiger partial charge in [-0.15, -0.1) is 0 Å². The minimum absolute atomic E-state index is 0. The van der Waals surface area contributed by atoms with E-state index < -0.39 is 33.7 Å². The van der Waals surface area contributed by atoms with Gasteiger partial charge in [0.1, 0.15) is 0 Å². The summed E-state index contributed by atoms with van der Waals surface area (Å²) in [6, 6.07) is 0. The number of aliphatic carboxylic acids is 1. The molecule has 0 fully saturated rings. The van der Waals surface area contributed by atoms with Crippen molar-refractivity contribution in [1.29, 1.82) is 0 Å². The standard InChI is InChI=1S/C18H34O7S.Mg.2H/c1-2-3-4-5-6-7-8-9-10-11-12-13-14-25-18(21)16(15-17(19)20)26(22,23)24;;;/h16H,2-15H2,1H3,(H,19,20)(H,22,23,24);;;. The molecule has 0 spiro atoms. The van der Waals surface area contributed by atoms with E-state index in [2.05, 4.69) is 6.92 Å². The van der Waals surface area contributed by atoms with Gasteiger partial charge in [-0.2, -0.15) is 8.42 Å². The molecular weight excluding hydrogens is 385 g/mol. The minimum Gasteiger partial charge on any atom is -0.481 e. The molecule has 1 atom stereocenters. The molecule has 1 unspecified atom stereocenters. The number of carbonyl (C=O) groups is 2. The third-order valence-corrected chi connectivity index (χ3v) is 5.30. The molecular formula is C18H36MgO7S. The molecule has 9 heteroatoms. The number of rotatable bonds is 17. The monoisotopic (exact) mass is 420 g/mol. The second-order valence-corrected chi connectivity index (χ2v) is 8.26. The fraction of sp³-hybridized carbons (Fsp3) is 0.889. The molecule has 0 aliphatic heterocycles. The molecule has 0 saturated carbocycles. The summed E-state index contributed by atoms with van der Waals surface area (Å²) in [5.41, 5.74) is 0. The smallest absolute Gasteiger partial charge is 0.327 e. The van der Waals surface area contributed by atoms with Crippen LogP contribution in [0.25, 0.3) is 0 Å². The fourth-order valence-electron chi connectivity index (χ4n) is 2.68. The van der Waals surface area contributed by atoms with Crippen molar-refractivity contribution in [3.8, 4) is 0 Å². The van der Waals surface area contributed by atoms with Crippen molar-refractivity contribution in [3.63, 3.8) is 0 Å². The molecule has 0 radical (unpaired) electrons. The molecule has 2 N–H and O–H groups in total. The van der Waals surface area contributed by atoms with E-state index in [0.29, 0.717) is 6.42 Å². The lowest BCUT2D eigenvalue weighted by molar-refractivity contribution is -0.147. The Morgan fingerprint density at radius 2 is 1.26 bits per heavy atom. The Morgan fingerprint density at radius 3 is 1.63 bits per heavy atom. The van der Waals surface area contributed by atoms with Crippen LogP contribution in [-0.2, 0) is 24.4 Å². The molecule has 0 aliphatic rings. The highest BCUT2D eigenvalue weighted by Crippen LogP contribution is 2.12. The van der Waals surface area contributed by atoms with E-state index in [1.54, 1.807) is 0 Å². The first-order valence-corrected chi connectivity index (χ1v) is 11.1. The van der Waals surface area contributed by atoms with Gasteiger partial charge in [-0.05, 0) is 6.42 Å². The summed E-state index contributed by atoms with van der Waals surface area (Å²) in [7, 11) is -4.78. The second-order valence-electron chi connectivity index (χ2n) is 6.66. The molecule has 0 aromatic rings. The van der Waals surface area contributed by atoms with Gasteiger partial charge in [0.05, 0.1) is 13.0 Å². The van der Waals surface area contributed by atoms with Crippen LogP contribution in [0.2, 0.25) is 0 Å². The second kappa shape index (κ2) is 17.7. The maximum Gasteiger partial charge on any atom is 0.327 e. The predicted octanol–water partition coefficient (Wildman–Crippen LogP) is 3.05. The largest absolute Gasteiger partial charge is 0.481 e. The summed E-state index contributed by atoms with van der Waals surface area (Å²) < 4.78 is 35.8. The van der Waals surface area contributed by atoms with E-state index in [-0.39, 0.29) is 29.7 Å². The first-order valence-electron chi connectivity index (χ1n) is 9.63. The highest BCUT2D eigenvalue weighted by atomic mass is 32.2. The van der Waals surface area contributed by atoms with Crippen molar-refractivity contribution >= 4 is 45.1 Å². The first kappa shape index (κ1) is 28.8. The van der Waals surface area contributed by atoms with Crippen LogP contribution in [0.4, 0.5) is 0 Å². The zero-order valence-electron chi connectivity index (χ0n) is 15.8. The van der Waals surface area contributed by atoms with E-state index in [1.807, 2.05) is 0 Å². The average molecular weight is 421 g/mol. The van der Waals surface area contributed by atoms with Crippen molar-refractivity contribution in [3.05, 3.63) is 0 Å². The highest BCUT2D eigenvalue weighted by molar-refractivity contribution is 7.87. The third-order valence-electron chi connectivity index (χ3n) is 4.22. The van der Waals surface area contributed by atoms with Crippen molar-refractivity contribution < 1.29 is 32.4 Å². The lowest BCUT2D eigenvalue weighted by Gasteiger charge is -2.11.